The van der Waals surface area contributed by atoms with Crippen molar-refractivity contribution in [1.29, 1.82) is 0 Å². The van der Waals surface area contributed by atoms with Gasteiger partial charge in [0, 0.05) is 20.6 Å². The molecule has 0 aliphatic heterocycles. The lowest BCUT2D eigenvalue weighted by atomic mass is 10.1. The highest BCUT2D eigenvalue weighted by Gasteiger charge is 2.04. The number of guanidine groups is 1. The number of ether oxygens (including phenoxy) is 1. The fourth-order valence-corrected chi connectivity index (χ4v) is 2.09. The fraction of sp³-hybridized carbons (Fsp3) is 0.400. The molecule has 0 amide bonds. The zero-order valence-corrected chi connectivity index (χ0v) is 13.2. The second-order valence-corrected chi connectivity index (χ2v) is 4.71. The van der Waals surface area contributed by atoms with Gasteiger partial charge in [-0.2, -0.15) is 5.10 Å². The lowest BCUT2D eigenvalue weighted by Crippen LogP contribution is -2.38. The Balaban J connectivity index is 1.80. The molecule has 1 heterocycles. The van der Waals surface area contributed by atoms with E-state index in [9.17, 15) is 0 Å². The molecule has 0 aliphatic carbocycles. The zero-order valence-electron chi connectivity index (χ0n) is 13.2. The van der Waals surface area contributed by atoms with E-state index in [2.05, 4.69) is 31.8 Å². The first-order valence-corrected chi connectivity index (χ1v) is 7.14. The van der Waals surface area contributed by atoms with Crippen molar-refractivity contribution in [2.45, 2.75) is 13.0 Å². The van der Waals surface area contributed by atoms with E-state index < -0.39 is 0 Å². The number of hydrogen-bond acceptors (Lipinski definition) is 4. The third-order valence-electron chi connectivity index (χ3n) is 3.32. The summed E-state index contributed by atoms with van der Waals surface area (Å²) in [6, 6.07) is 8.02. The van der Waals surface area contributed by atoms with Crippen LogP contribution in [0.3, 0.4) is 0 Å². The molecule has 7 heteroatoms. The van der Waals surface area contributed by atoms with Crippen LogP contribution < -0.4 is 15.4 Å². The minimum absolute atomic E-state index is 0.574. The quantitative estimate of drug-likeness (QED) is 0.608. The molecule has 0 bridgehead atoms. The lowest BCUT2D eigenvalue weighted by molar-refractivity contribution is 0.409. The molecule has 2 N–H and O–H groups in total. The van der Waals surface area contributed by atoms with E-state index in [0.717, 1.165) is 30.5 Å². The molecule has 7 nitrogen and oxygen atoms in total. The van der Waals surface area contributed by atoms with Crippen LogP contribution in [0.2, 0.25) is 0 Å². The summed E-state index contributed by atoms with van der Waals surface area (Å²) in [7, 11) is 5.30. The Morgan fingerprint density at radius 2 is 2.14 bits per heavy atom. The summed E-state index contributed by atoms with van der Waals surface area (Å²) in [5.74, 6) is 2.50. The van der Waals surface area contributed by atoms with Gasteiger partial charge in [-0.05, 0) is 18.1 Å². The monoisotopic (exact) mass is 302 g/mol. The van der Waals surface area contributed by atoms with Gasteiger partial charge in [-0.1, -0.05) is 18.2 Å². The average Bonchev–Trinajstić information content (AvgIpc) is 2.96. The van der Waals surface area contributed by atoms with Crippen LogP contribution in [0.15, 0.2) is 35.6 Å². The number of aliphatic imine (C=N–C) groups is 1. The highest BCUT2D eigenvalue weighted by Crippen LogP contribution is 2.17. The average molecular weight is 302 g/mol. The first-order chi connectivity index (χ1) is 10.7. The van der Waals surface area contributed by atoms with E-state index in [-0.39, 0.29) is 0 Å². The molecular weight excluding hydrogens is 280 g/mol. The second-order valence-electron chi connectivity index (χ2n) is 4.71. The maximum Gasteiger partial charge on any atom is 0.191 e. The van der Waals surface area contributed by atoms with Crippen LogP contribution in [0.4, 0.5) is 0 Å². The molecule has 0 aliphatic rings. The van der Waals surface area contributed by atoms with Gasteiger partial charge in [-0.15, -0.1) is 0 Å². The van der Waals surface area contributed by atoms with E-state index >= 15 is 0 Å². The van der Waals surface area contributed by atoms with E-state index in [1.165, 1.54) is 11.9 Å². The van der Waals surface area contributed by atoms with Crippen molar-refractivity contribution >= 4 is 5.96 Å². The Hall–Kier alpha value is -2.57. The summed E-state index contributed by atoms with van der Waals surface area (Å²) in [6.07, 6.45) is 2.39. The molecule has 0 unspecified atom stereocenters. The van der Waals surface area contributed by atoms with Gasteiger partial charge in [0.2, 0.25) is 0 Å². The van der Waals surface area contributed by atoms with E-state index in [4.69, 9.17) is 4.74 Å². The molecule has 0 fully saturated rings. The number of nitrogens with zero attached hydrogens (tertiary/aromatic N) is 4. The minimum Gasteiger partial charge on any atom is -0.496 e. The third kappa shape index (κ3) is 4.21. The molecule has 0 saturated heterocycles. The molecule has 2 aromatic rings. The van der Waals surface area contributed by atoms with Gasteiger partial charge in [-0.3, -0.25) is 9.67 Å². The normalized spacial score (nSPS) is 11.3. The number of para-hydroxylation sites is 1. The Morgan fingerprint density at radius 1 is 1.32 bits per heavy atom. The fourth-order valence-electron chi connectivity index (χ4n) is 2.09. The summed E-state index contributed by atoms with van der Waals surface area (Å²) in [5, 5.41) is 10.5. The standard InChI is InChI=1S/C15H22N6O/c1-16-15(18-10-14-19-11-20-21(14)2)17-9-8-12-6-4-5-7-13(12)22-3/h4-7,11H,8-10H2,1-3H3,(H2,16,17,18). The molecule has 0 saturated carbocycles. The number of methoxy groups -OCH3 is 1. The van der Waals surface area contributed by atoms with Crippen molar-refractivity contribution < 1.29 is 4.74 Å². The van der Waals surface area contributed by atoms with Crippen molar-refractivity contribution in [2.24, 2.45) is 12.0 Å². The zero-order chi connectivity index (χ0) is 15.8. The summed E-state index contributed by atoms with van der Waals surface area (Å²) in [4.78, 5) is 8.36. The number of benzene rings is 1. The van der Waals surface area contributed by atoms with Gasteiger partial charge in [0.25, 0.3) is 0 Å². The van der Waals surface area contributed by atoms with Gasteiger partial charge in [0.15, 0.2) is 5.96 Å². The van der Waals surface area contributed by atoms with Crippen LogP contribution in [0.5, 0.6) is 5.75 Å². The van der Waals surface area contributed by atoms with Crippen LogP contribution in [0.25, 0.3) is 0 Å². The van der Waals surface area contributed by atoms with Gasteiger partial charge >= 0.3 is 0 Å². The molecule has 0 spiro atoms. The number of aryl methyl sites for hydroxylation is 1. The molecular formula is C15H22N6O. The maximum atomic E-state index is 5.35. The second kappa shape index (κ2) is 8.02. The van der Waals surface area contributed by atoms with Crippen molar-refractivity contribution in [1.82, 2.24) is 25.4 Å². The van der Waals surface area contributed by atoms with Gasteiger partial charge in [0.05, 0.1) is 13.7 Å². The van der Waals surface area contributed by atoms with Gasteiger partial charge in [-0.25, -0.2) is 4.98 Å². The molecule has 1 aromatic carbocycles. The highest BCUT2D eigenvalue weighted by atomic mass is 16.5. The first kappa shape index (κ1) is 15.8. The SMILES string of the molecule is CN=C(NCCc1ccccc1OC)NCc1ncnn1C. The summed E-state index contributed by atoms with van der Waals surface area (Å²) < 4.78 is 7.08. The maximum absolute atomic E-state index is 5.35. The molecule has 1 aromatic heterocycles. The van der Waals surface area contributed by atoms with E-state index in [1.54, 1.807) is 18.8 Å². The summed E-state index contributed by atoms with van der Waals surface area (Å²) >= 11 is 0. The van der Waals surface area contributed by atoms with Crippen molar-refractivity contribution in [3.63, 3.8) is 0 Å². The Bertz CT molecular complexity index is 622. The van der Waals surface area contributed by atoms with Crippen LogP contribution in [-0.4, -0.2) is 41.4 Å². The Morgan fingerprint density at radius 3 is 2.82 bits per heavy atom. The number of hydrogen-bond donors (Lipinski definition) is 2. The number of nitrogens with one attached hydrogen (secondary N) is 2. The predicted octanol–water partition coefficient (Wildman–Crippen LogP) is 0.731. The molecule has 2 rings (SSSR count). The van der Waals surface area contributed by atoms with Crippen LogP contribution in [-0.2, 0) is 20.0 Å². The van der Waals surface area contributed by atoms with Crippen molar-refractivity contribution in [3.05, 3.63) is 42.0 Å². The van der Waals surface area contributed by atoms with Gasteiger partial charge < -0.3 is 15.4 Å². The van der Waals surface area contributed by atoms with Gasteiger partial charge in [0.1, 0.15) is 17.9 Å². The Kier molecular flexibility index (Phi) is 5.76. The minimum atomic E-state index is 0.574. The smallest absolute Gasteiger partial charge is 0.191 e. The summed E-state index contributed by atoms with van der Waals surface area (Å²) in [5.41, 5.74) is 1.17. The first-order valence-electron chi connectivity index (χ1n) is 7.14. The summed E-state index contributed by atoms with van der Waals surface area (Å²) in [6.45, 7) is 1.34. The van der Waals surface area contributed by atoms with Crippen LogP contribution >= 0.6 is 0 Å². The lowest BCUT2D eigenvalue weighted by Gasteiger charge is -2.12. The van der Waals surface area contributed by atoms with Crippen LogP contribution in [0, 0.1) is 0 Å². The molecule has 118 valence electrons. The topological polar surface area (TPSA) is 76.4 Å². The highest BCUT2D eigenvalue weighted by molar-refractivity contribution is 5.79. The number of rotatable bonds is 6. The predicted molar refractivity (Wildman–Crippen MR) is 85.9 cm³/mol. The third-order valence-corrected chi connectivity index (χ3v) is 3.32. The molecule has 0 atom stereocenters. The number of aromatic nitrogens is 3. The van der Waals surface area contributed by atoms with Crippen molar-refractivity contribution in [3.8, 4) is 5.75 Å². The largest absolute Gasteiger partial charge is 0.496 e. The molecule has 0 radical (unpaired) electrons. The molecule has 22 heavy (non-hydrogen) atoms. The Labute approximate surface area is 130 Å². The van der Waals surface area contributed by atoms with E-state index in [0.29, 0.717) is 6.54 Å². The van der Waals surface area contributed by atoms with E-state index in [1.807, 2.05) is 25.2 Å². The van der Waals surface area contributed by atoms with Crippen LogP contribution in [0.1, 0.15) is 11.4 Å². The van der Waals surface area contributed by atoms with Crippen molar-refractivity contribution in [2.75, 3.05) is 20.7 Å².